The van der Waals surface area contributed by atoms with Crippen molar-refractivity contribution in [1.29, 1.82) is 0 Å². The third-order valence-corrected chi connectivity index (χ3v) is 2.05. The quantitative estimate of drug-likeness (QED) is 0.757. The molecule has 4 N–H and O–H groups in total. The molecule has 14 heavy (non-hydrogen) atoms. The number of nitrogens with two attached hydrogens (primary N) is 2. The highest BCUT2D eigenvalue weighted by Crippen LogP contribution is 2.18. The summed E-state index contributed by atoms with van der Waals surface area (Å²) in [6.45, 7) is 1.75. The van der Waals surface area contributed by atoms with Crippen LogP contribution < -0.4 is 11.5 Å². The first-order valence-electron chi connectivity index (χ1n) is 4.30. The van der Waals surface area contributed by atoms with Gasteiger partial charge in [-0.05, 0) is 30.2 Å². The molecule has 3 nitrogen and oxygen atoms in total. The van der Waals surface area contributed by atoms with E-state index in [-0.39, 0.29) is 12.2 Å². The number of aryl methyl sites for hydroxylation is 1. The Morgan fingerprint density at radius 3 is 2.71 bits per heavy atom. The molecule has 1 atom stereocenters. The molecule has 0 aliphatic carbocycles. The first-order valence-corrected chi connectivity index (χ1v) is 4.30. The summed E-state index contributed by atoms with van der Waals surface area (Å²) < 4.78 is 12.7. The molecule has 1 aromatic rings. The summed E-state index contributed by atoms with van der Waals surface area (Å²) >= 11 is 0. The molecule has 1 rings (SSSR count). The minimum Gasteiger partial charge on any atom is -0.370 e. The topological polar surface area (TPSA) is 69.1 Å². The van der Waals surface area contributed by atoms with Crippen molar-refractivity contribution in [2.45, 2.75) is 19.4 Å². The summed E-state index contributed by atoms with van der Waals surface area (Å²) in [5.41, 5.74) is 12.2. The second kappa shape index (κ2) is 4.19. The summed E-state index contributed by atoms with van der Waals surface area (Å²) in [4.78, 5) is 10.6. The van der Waals surface area contributed by atoms with Crippen molar-refractivity contribution in [3.63, 3.8) is 0 Å². The molecule has 0 heterocycles. The summed E-state index contributed by atoms with van der Waals surface area (Å²) in [6.07, 6.45) is 0.0759. The van der Waals surface area contributed by atoms with E-state index in [0.717, 1.165) is 11.1 Å². The number of carbonyl (C=O) groups excluding carboxylic acids is 1. The first kappa shape index (κ1) is 10.7. The van der Waals surface area contributed by atoms with Crippen LogP contribution >= 0.6 is 0 Å². The highest BCUT2D eigenvalue weighted by Gasteiger charge is 2.11. The van der Waals surface area contributed by atoms with Crippen LogP contribution in [0.5, 0.6) is 0 Å². The van der Waals surface area contributed by atoms with Gasteiger partial charge >= 0.3 is 0 Å². The maximum Gasteiger partial charge on any atom is 0.219 e. The Balaban J connectivity index is 2.90. The summed E-state index contributed by atoms with van der Waals surface area (Å²) in [5.74, 6) is -0.765. The van der Waals surface area contributed by atoms with E-state index in [0.29, 0.717) is 0 Å². The molecule has 1 aromatic carbocycles. The molecular formula is C10H13FN2O. The van der Waals surface area contributed by atoms with Gasteiger partial charge in [0, 0.05) is 12.5 Å². The molecule has 0 aliphatic heterocycles. The molecule has 0 aromatic heterocycles. The number of benzene rings is 1. The van der Waals surface area contributed by atoms with Crippen LogP contribution in [0.1, 0.15) is 23.6 Å². The van der Waals surface area contributed by atoms with Crippen LogP contribution in [0.15, 0.2) is 18.2 Å². The van der Waals surface area contributed by atoms with Crippen LogP contribution in [0.25, 0.3) is 0 Å². The van der Waals surface area contributed by atoms with Crippen molar-refractivity contribution in [3.05, 3.63) is 35.1 Å². The van der Waals surface area contributed by atoms with E-state index in [1.807, 2.05) is 0 Å². The van der Waals surface area contributed by atoms with Crippen LogP contribution in [0.2, 0.25) is 0 Å². The number of hydrogen-bond acceptors (Lipinski definition) is 2. The van der Waals surface area contributed by atoms with E-state index in [4.69, 9.17) is 11.5 Å². The zero-order valence-electron chi connectivity index (χ0n) is 7.96. The Morgan fingerprint density at radius 1 is 1.57 bits per heavy atom. The van der Waals surface area contributed by atoms with Crippen LogP contribution in [0, 0.1) is 12.7 Å². The van der Waals surface area contributed by atoms with E-state index < -0.39 is 11.9 Å². The maximum atomic E-state index is 12.7. The van der Waals surface area contributed by atoms with Crippen molar-refractivity contribution in [3.8, 4) is 0 Å². The van der Waals surface area contributed by atoms with Gasteiger partial charge in [0.1, 0.15) is 5.82 Å². The molecule has 0 fully saturated rings. The second-order valence-electron chi connectivity index (χ2n) is 3.28. The summed E-state index contributed by atoms with van der Waals surface area (Å²) in [7, 11) is 0. The molecule has 4 heteroatoms. The van der Waals surface area contributed by atoms with Crippen molar-refractivity contribution in [2.75, 3.05) is 0 Å². The van der Waals surface area contributed by atoms with E-state index in [9.17, 15) is 9.18 Å². The number of hydrogen-bond donors (Lipinski definition) is 2. The minimum atomic E-state index is -0.457. The predicted octanol–water partition coefficient (Wildman–Crippen LogP) is 1.01. The Bertz CT molecular complexity index is 352. The van der Waals surface area contributed by atoms with Gasteiger partial charge in [0.2, 0.25) is 5.91 Å². The minimum absolute atomic E-state index is 0.0759. The lowest BCUT2D eigenvalue weighted by molar-refractivity contribution is -0.118. The fourth-order valence-corrected chi connectivity index (χ4v) is 1.38. The van der Waals surface area contributed by atoms with Crippen molar-refractivity contribution in [2.24, 2.45) is 11.5 Å². The van der Waals surface area contributed by atoms with E-state index in [1.54, 1.807) is 13.0 Å². The fraction of sp³-hybridized carbons (Fsp3) is 0.300. The Labute approximate surface area is 81.9 Å². The lowest BCUT2D eigenvalue weighted by Crippen LogP contribution is -2.21. The normalized spacial score (nSPS) is 12.5. The zero-order chi connectivity index (χ0) is 10.7. The molecule has 76 valence electrons. The van der Waals surface area contributed by atoms with Gasteiger partial charge in [-0.15, -0.1) is 0 Å². The van der Waals surface area contributed by atoms with Gasteiger partial charge in [-0.3, -0.25) is 4.79 Å². The zero-order valence-corrected chi connectivity index (χ0v) is 7.96. The SMILES string of the molecule is Cc1cc(F)ccc1C(N)CC(N)=O. The third kappa shape index (κ3) is 2.53. The van der Waals surface area contributed by atoms with Crippen LogP contribution in [0.4, 0.5) is 4.39 Å². The number of carbonyl (C=O) groups is 1. The maximum absolute atomic E-state index is 12.7. The van der Waals surface area contributed by atoms with Crippen LogP contribution in [-0.4, -0.2) is 5.91 Å². The monoisotopic (exact) mass is 196 g/mol. The van der Waals surface area contributed by atoms with Gasteiger partial charge in [-0.1, -0.05) is 6.07 Å². The summed E-state index contributed by atoms with van der Waals surface area (Å²) in [6, 6.07) is 3.84. The predicted molar refractivity (Wildman–Crippen MR) is 51.9 cm³/mol. The first-order chi connectivity index (χ1) is 6.50. The van der Waals surface area contributed by atoms with Gasteiger partial charge in [0.05, 0.1) is 0 Å². The Kier molecular flexibility index (Phi) is 3.19. The Hall–Kier alpha value is -1.42. The molecule has 1 amide bonds. The molecule has 0 saturated carbocycles. The van der Waals surface area contributed by atoms with Crippen molar-refractivity contribution < 1.29 is 9.18 Å². The van der Waals surface area contributed by atoms with E-state index >= 15 is 0 Å². The van der Waals surface area contributed by atoms with Crippen LogP contribution in [0.3, 0.4) is 0 Å². The summed E-state index contributed by atoms with van der Waals surface area (Å²) in [5, 5.41) is 0. The molecule has 0 bridgehead atoms. The second-order valence-corrected chi connectivity index (χ2v) is 3.28. The lowest BCUT2D eigenvalue weighted by Gasteiger charge is -2.12. The highest BCUT2D eigenvalue weighted by molar-refractivity contribution is 5.74. The van der Waals surface area contributed by atoms with E-state index in [2.05, 4.69) is 0 Å². The van der Waals surface area contributed by atoms with Gasteiger partial charge in [-0.2, -0.15) is 0 Å². The van der Waals surface area contributed by atoms with Gasteiger partial charge < -0.3 is 11.5 Å². The number of halogens is 1. The van der Waals surface area contributed by atoms with E-state index in [1.165, 1.54) is 12.1 Å². The standard InChI is InChI=1S/C10H13FN2O/c1-6-4-7(11)2-3-8(6)9(12)5-10(13)14/h2-4,9H,5,12H2,1H3,(H2,13,14). The van der Waals surface area contributed by atoms with Gasteiger partial charge in [0.15, 0.2) is 0 Å². The molecule has 0 spiro atoms. The fourth-order valence-electron chi connectivity index (χ4n) is 1.38. The Morgan fingerprint density at radius 2 is 2.21 bits per heavy atom. The lowest BCUT2D eigenvalue weighted by atomic mass is 9.99. The number of rotatable bonds is 3. The molecular weight excluding hydrogens is 183 g/mol. The molecule has 0 radical (unpaired) electrons. The van der Waals surface area contributed by atoms with Crippen molar-refractivity contribution >= 4 is 5.91 Å². The van der Waals surface area contributed by atoms with Crippen molar-refractivity contribution in [1.82, 2.24) is 0 Å². The van der Waals surface area contributed by atoms with Gasteiger partial charge in [0.25, 0.3) is 0 Å². The number of primary amides is 1. The smallest absolute Gasteiger partial charge is 0.219 e. The average Bonchev–Trinajstić information content (AvgIpc) is 2.01. The average molecular weight is 196 g/mol. The largest absolute Gasteiger partial charge is 0.370 e. The molecule has 1 unspecified atom stereocenters. The third-order valence-electron chi connectivity index (χ3n) is 2.05. The highest BCUT2D eigenvalue weighted by atomic mass is 19.1. The molecule has 0 saturated heterocycles. The van der Waals surface area contributed by atoms with Crippen LogP contribution in [-0.2, 0) is 4.79 Å². The molecule has 0 aliphatic rings. The number of amides is 1. The van der Waals surface area contributed by atoms with Gasteiger partial charge in [-0.25, -0.2) is 4.39 Å².